The Morgan fingerprint density at radius 1 is 1.12 bits per heavy atom. The van der Waals surface area contributed by atoms with Crippen LogP contribution in [0.2, 0.25) is 0 Å². The average molecular weight is 442 g/mol. The minimum atomic E-state index is -3.39. The lowest BCUT2D eigenvalue weighted by Crippen LogP contribution is -2.39. The van der Waals surface area contributed by atoms with Gasteiger partial charge >= 0.3 is 0 Å². The summed E-state index contributed by atoms with van der Waals surface area (Å²) in [5, 5.41) is 6.00. The van der Waals surface area contributed by atoms with Crippen molar-refractivity contribution in [2.75, 3.05) is 18.8 Å². The molecule has 2 aromatic carbocycles. The van der Waals surface area contributed by atoms with Crippen molar-refractivity contribution in [3.05, 3.63) is 64.4 Å². The first-order valence-corrected chi connectivity index (χ1v) is 10.6. The van der Waals surface area contributed by atoms with Gasteiger partial charge in [0.05, 0.1) is 17.2 Å². The number of nitrogens with zero attached hydrogens (tertiary/aromatic N) is 1. The van der Waals surface area contributed by atoms with Gasteiger partial charge < -0.3 is 10.6 Å². The van der Waals surface area contributed by atoms with Gasteiger partial charge in [-0.05, 0) is 37.3 Å². The minimum Gasteiger partial charge on any atom is -0.357 e. The van der Waals surface area contributed by atoms with E-state index in [1.54, 1.807) is 42.5 Å². The highest BCUT2D eigenvalue weighted by atomic mass is 79.9. The Kier molecular flexibility index (Phi) is 7.59. The van der Waals surface area contributed by atoms with Crippen LogP contribution in [0.3, 0.4) is 0 Å². The molecule has 2 aromatic rings. The third-order valence-corrected chi connectivity index (χ3v) is 5.81. The smallest absolute Gasteiger partial charge is 0.191 e. The van der Waals surface area contributed by atoms with Crippen LogP contribution < -0.4 is 10.6 Å². The fraction of sp³-hybridized carbons (Fsp3) is 0.278. The Hall–Kier alpha value is -1.93. The van der Waals surface area contributed by atoms with Crippen molar-refractivity contribution in [2.24, 2.45) is 4.99 Å². The van der Waals surface area contributed by atoms with Crippen LogP contribution in [0.15, 0.2) is 62.9 Å². The average Bonchev–Trinajstić information content (AvgIpc) is 2.61. The van der Waals surface area contributed by atoms with Gasteiger partial charge in [-0.1, -0.05) is 34.1 Å². The molecule has 0 spiro atoms. The lowest BCUT2D eigenvalue weighted by atomic mass is 10.2. The SMILES string of the molecule is CCNC(=NCc1ccccc1F)NCCS(=O)(=O)c1ccc(Br)cc1. The highest BCUT2D eigenvalue weighted by Gasteiger charge is 2.14. The Balaban J connectivity index is 1.96. The van der Waals surface area contributed by atoms with Crippen LogP contribution >= 0.6 is 15.9 Å². The number of nitrogens with one attached hydrogen (secondary N) is 2. The van der Waals surface area contributed by atoms with Gasteiger partial charge in [0.15, 0.2) is 15.8 Å². The number of benzene rings is 2. The molecule has 0 fully saturated rings. The van der Waals surface area contributed by atoms with Crippen molar-refractivity contribution in [1.29, 1.82) is 0 Å². The number of sulfone groups is 1. The molecule has 0 aliphatic carbocycles. The van der Waals surface area contributed by atoms with E-state index in [1.807, 2.05) is 6.92 Å². The lowest BCUT2D eigenvalue weighted by molar-refractivity contribution is 0.594. The quantitative estimate of drug-likeness (QED) is 0.511. The molecule has 0 bridgehead atoms. The summed E-state index contributed by atoms with van der Waals surface area (Å²) in [4.78, 5) is 4.58. The molecule has 0 saturated heterocycles. The first-order chi connectivity index (χ1) is 12.4. The van der Waals surface area contributed by atoms with Crippen LogP contribution in [0.25, 0.3) is 0 Å². The molecule has 140 valence electrons. The zero-order valence-electron chi connectivity index (χ0n) is 14.4. The van der Waals surface area contributed by atoms with E-state index in [2.05, 4.69) is 31.6 Å². The standard InChI is InChI=1S/C18H21BrFN3O2S/c1-2-21-18(23-13-14-5-3-4-6-17(14)20)22-11-12-26(24,25)16-9-7-15(19)8-10-16/h3-10H,2,11-13H2,1H3,(H2,21,22,23). The van der Waals surface area contributed by atoms with E-state index in [0.717, 1.165) is 4.47 Å². The van der Waals surface area contributed by atoms with Crippen molar-refractivity contribution >= 4 is 31.7 Å². The molecule has 0 amide bonds. The predicted octanol–water partition coefficient (Wildman–Crippen LogP) is 3.12. The summed E-state index contributed by atoms with van der Waals surface area (Å²) in [6.07, 6.45) is 0. The van der Waals surface area contributed by atoms with Crippen molar-refractivity contribution in [3.8, 4) is 0 Å². The zero-order chi connectivity index (χ0) is 19.0. The Morgan fingerprint density at radius 3 is 2.46 bits per heavy atom. The van der Waals surface area contributed by atoms with E-state index in [-0.39, 0.29) is 29.6 Å². The molecular weight excluding hydrogens is 421 g/mol. The molecule has 2 N–H and O–H groups in total. The van der Waals surface area contributed by atoms with Crippen molar-refractivity contribution < 1.29 is 12.8 Å². The Labute approximate surface area is 161 Å². The van der Waals surface area contributed by atoms with Gasteiger partial charge in [0.1, 0.15) is 5.82 Å². The molecule has 2 rings (SSSR count). The zero-order valence-corrected chi connectivity index (χ0v) is 16.8. The van der Waals surface area contributed by atoms with Crippen LogP contribution in [0.5, 0.6) is 0 Å². The van der Waals surface area contributed by atoms with Crippen LogP contribution in [0, 0.1) is 5.82 Å². The first-order valence-electron chi connectivity index (χ1n) is 8.16. The van der Waals surface area contributed by atoms with Gasteiger partial charge in [0.25, 0.3) is 0 Å². The van der Waals surface area contributed by atoms with E-state index >= 15 is 0 Å². The molecule has 0 atom stereocenters. The fourth-order valence-corrected chi connectivity index (χ4v) is 3.62. The Morgan fingerprint density at radius 2 is 1.81 bits per heavy atom. The molecule has 0 heterocycles. The van der Waals surface area contributed by atoms with Crippen molar-refractivity contribution in [3.63, 3.8) is 0 Å². The molecule has 0 aliphatic rings. The summed E-state index contributed by atoms with van der Waals surface area (Å²) >= 11 is 3.28. The van der Waals surface area contributed by atoms with E-state index in [9.17, 15) is 12.8 Å². The third kappa shape index (κ3) is 6.10. The molecular formula is C18H21BrFN3O2S. The molecule has 0 saturated carbocycles. The highest BCUT2D eigenvalue weighted by molar-refractivity contribution is 9.10. The molecule has 0 unspecified atom stereocenters. The second-order valence-electron chi connectivity index (χ2n) is 5.49. The monoisotopic (exact) mass is 441 g/mol. The summed E-state index contributed by atoms with van der Waals surface area (Å²) in [6, 6.07) is 12.9. The Bertz CT molecular complexity index is 855. The van der Waals surface area contributed by atoms with Crippen molar-refractivity contribution in [1.82, 2.24) is 10.6 Å². The molecule has 0 radical (unpaired) electrons. The predicted molar refractivity (Wildman–Crippen MR) is 105 cm³/mol. The molecule has 8 heteroatoms. The van der Waals surface area contributed by atoms with E-state index in [0.29, 0.717) is 18.1 Å². The number of hydrogen-bond donors (Lipinski definition) is 2. The van der Waals surface area contributed by atoms with Gasteiger partial charge in [-0.15, -0.1) is 0 Å². The van der Waals surface area contributed by atoms with Crippen molar-refractivity contribution in [2.45, 2.75) is 18.4 Å². The summed E-state index contributed by atoms with van der Waals surface area (Å²) in [6.45, 7) is 2.88. The van der Waals surface area contributed by atoms with Gasteiger partial charge in [-0.2, -0.15) is 0 Å². The first kappa shape index (κ1) is 20.4. The number of rotatable bonds is 7. The summed E-state index contributed by atoms with van der Waals surface area (Å²) in [7, 11) is -3.39. The number of hydrogen-bond acceptors (Lipinski definition) is 3. The van der Waals surface area contributed by atoms with Crippen LogP contribution in [-0.2, 0) is 16.4 Å². The number of halogens is 2. The summed E-state index contributed by atoms with van der Waals surface area (Å²) < 4.78 is 39.2. The van der Waals surface area contributed by atoms with Gasteiger partial charge in [-0.25, -0.2) is 17.8 Å². The minimum absolute atomic E-state index is 0.0707. The van der Waals surface area contributed by atoms with Crippen LogP contribution in [-0.4, -0.2) is 33.2 Å². The molecule has 0 aliphatic heterocycles. The summed E-state index contributed by atoms with van der Waals surface area (Å²) in [5.41, 5.74) is 0.479. The van der Waals surface area contributed by atoms with Crippen LogP contribution in [0.4, 0.5) is 4.39 Å². The maximum atomic E-state index is 13.7. The topological polar surface area (TPSA) is 70.6 Å². The van der Waals surface area contributed by atoms with Crippen LogP contribution in [0.1, 0.15) is 12.5 Å². The third-order valence-electron chi connectivity index (χ3n) is 3.55. The largest absolute Gasteiger partial charge is 0.357 e. The number of guanidine groups is 1. The highest BCUT2D eigenvalue weighted by Crippen LogP contribution is 2.15. The van der Waals surface area contributed by atoms with E-state index < -0.39 is 9.84 Å². The molecule has 5 nitrogen and oxygen atoms in total. The second kappa shape index (κ2) is 9.68. The fourth-order valence-electron chi connectivity index (χ4n) is 2.20. The lowest BCUT2D eigenvalue weighted by Gasteiger charge is -2.12. The normalized spacial score (nSPS) is 12.0. The van der Waals surface area contributed by atoms with E-state index in [4.69, 9.17) is 0 Å². The second-order valence-corrected chi connectivity index (χ2v) is 8.51. The van der Waals surface area contributed by atoms with Gasteiger partial charge in [0.2, 0.25) is 0 Å². The maximum Gasteiger partial charge on any atom is 0.191 e. The van der Waals surface area contributed by atoms with Gasteiger partial charge in [0, 0.05) is 23.1 Å². The molecule has 0 aromatic heterocycles. The van der Waals surface area contributed by atoms with E-state index in [1.165, 1.54) is 6.07 Å². The summed E-state index contributed by atoms with van der Waals surface area (Å²) in [5.74, 6) is 0.0605. The molecule has 26 heavy (non-hydrogen) atoms. The maximum absolute atomic E-state index is 13.7. The van der Waals surface area contributed by atoms with Gasteiger partial charge in [-0.3, -0.25) is 0 Å². The number of aliphatic imine (C=N–C) groups is 1.